The van der Waals surface area contributed by atoms with E-state index >= 15 is 0 Å². The van der Waals surface area contributed by atoms with Gasteiger partial charge in [0.05, 0.1) is 17.1 Å². The molecule has 2 aliphatic carbocycles. The van der Waals surface area contributed by atoms with Gasteiger partial charge in [-0.2, -0.15) is 13.2 Å². The van der Waals surface area contributed by atoms with Crippen LogP contribution < -0.4 is 4.72 Å². The highest BCUT2D eigenvalue weighted by Crippen LogP contribution is 2.41. The van der Waals surface area contributed by atoms with E-state index in [0.29, 0.717) is 25.7 Å². The molecule has 2 fully saturated rings. The first-order valence-corrected chi connectivity index (χ1v) is 8.88. The number of carbonyl (C=O) groups excluding carboxylic acids is 1. The Morgan fingerprint density at radius 1 is 0.952 bits per heavy atom. The molecule has 0 saturated heterocycles. The van der Waals surface area contributed by atoms with Crippen LogP contribution in [0.3, 0.4) is 0 Å². The van der Waals surface area contributed by atoms with Crippen LogP contribution in [-0.2, 0) is 14.8 Å². The summed E-state index contributed by atoms with van der Waals surface area (Å²) in [5.41, 5.74) is 0. The molecule has 0 heterocycles. The molecule has 21 heavy (non-hydrogen) atoms. The summed E-state index contributed by atoms with van der Waals surface area (Å²) in [5, 5.41) is -0.644. The Labute approximate surface area is 122 Å². The Hall–Kier alpha value is -0.790. The number of halogens is 3. The summed E-state index contributed by atoms with van der Waals surface area (Å²) < 4.78 is 64.8. The maximum absolute atomic E-state index is 13.0. The van der Waals surface area contributed by atoms with Crippen LogP contribution in [0.2, 0.25) is 0 Å². The zero-order valence-electron chi connectivity index (χ0n) is 11.7. The van der Waals surface area contributed by atoms with Crippen LogP contribution in [0.4, 0.5) is 13.2 Å². The summed E-state index contributed by atoms with van der Waals surface area (Å²) in [6.07, 6.45) is -1.05. The first kappa shape index (κ1) is 16.6. The average molecular weight is 327 g/mol. The molecule has 2 aliphatic rings. The molecule has 1 amide bonds. The van der Waals surface area contributed by atoms with Crippen molar-refractivity contribution in [2.45, 2.75) is 62.8 Å². The van der Waals surface area contributed by atoms with Gasteiger partial charge in [0.15, 0.2) is 0 Å². The van der Waals surface area contributed by atoms with Gasteiger partial charge in [-0.25, -0.2) is 8.42 Å². The number of carbonyl (C=O) groups is 1. The third-order valence-electron chi connectivity index (χ3n) is 4.51. The molecule has 122 valence electrons. The number of hydrogen-bond donors (Lipinski definition) is 1. The second-order valence-electron chi connectivity index (χ2n) is 5.96. The topological polar surface area (TPSA) is 63.2 Å². The fourth-order valence-electron chi connectivity index (χ4n) is 3.33. The molecular weight excluding hydrogens is 307 g/mol. The maximum atomic E-state index is 13.0. The lowest BCUT2D eigenvalue weighted by atomic mass is 9.78. The van der Waals surface area contributed by atoms with Gasteiger partial charge in [0.1, 0.15) is 0 Å². The Morgan fingerprint density at radius 3 is 2.05 bits per heavy atom. The highest BCUT2D eigenvalue weighted by atomic mass is 32.2. The Bertz CT molecular complexity index is 483. The predicted molar refractivity (Wildman–Crippen MR) is 70.8 cm³/mol. The molecule has 2 rings (SSSR count). The normalized spacial score (nSPS) is 28.5. The van der Waals surface area contributed by atoms with Crippen LogP contribution in [0.15, 0.2) is 0 Å². The summed E-state index contributed by atoms with van der Waals surface area (Å²) >= 11 is 0. The Kier molecular flexibility index (Phi) is 4.85. The number of nitrogens with one attached hydrogen (secondary N) is 1. The van der Waals surface area contributed by atoms with Crippen LogP contribution >= 0.6 is 0 Å². The summed E-state index contributed by atoms with van der Waals surface area (Å²) in [6.45, 7) is 0. The number of hydrogen-bond acceptors (Lipinski definition) is 3. The first-order chi connectivity index (χ1) is 9.72. The van der Waals surface area contributed by atoms with E-state index in [1.165, 1.54) is 0 Å². The second-order valence-corrected chi connectivity index (χ2v) is 7.92. The van der Waals surface area contributed by atoms with Crippen LogP contribution in [0, 0.1) is 11.8 Å². The monoisotopic (exact) mass is 327 g/mol. The fourth-order valence-corrected chi connectivity index (χ4v) is 4.89. The summed E-state index contributed by atoms with van der Waals surface area (Å²) in [6, 6.07) is 0. The molecule has 0 aliphatic heterocycles. The number of rotatable bonds is 3. The van der Waals surface area contributed by atoms with E-state index in [9.17, 15) is 26.4 Å². The number of alkyl halides is 3. The Balaban J connectivity index is 2.07. The van der Waals surface area contributed by atoms with E-state index in [0.717, 1.165) is 12.8 Å². The van der Waals surface area contributed by atoms with E-state index in [2.05, 4.69) is 0 Å². The summed E-state index contributed by atoms with van der Waals surface area (Å²) in [4.78, 5) is 12.0. The van der Waals surface area contributed by atoms with Crippen molar-refractivity contribution < 1.29 is 26.4 Å². The molecule has 0 aromatic rings. The minimum absolute atomic E-state index is 0.0934. The van der Waals surface area contributed by atoms with Crippen LogP contribution in [0.5, 0.6) is 0 Å². The lowest BCUT2D eigenvalue weighted by molar-refractivity contribution is -0.197. The van der Waals surface area contributed by atoms with Crippen molar-refractivity contribution in [3.8, 4) is 0 Å². The number of amides is 1. The Morgan fingerprint density at radius 2 is 1.48 bits per heavy atom. The molecule has 1 N–H and O–H groups in total. The van der Waals surface area contributed by atoms with Crippen molar-refractivity contribution in [1.82, 2.24) is 4.72 Å². The third-order valence-corrected chi connectivity index (χ3v) is 6.34. The SMILES string of the molecule is O=C(NS(=O)(=O)C1CCCC1)[C@@H]1CCCC[C@@H]1C(F)(F)F. The van der Waals surface area contributed by atoms with Crippen molar-refractivity contribution in [3.63, 3.8) is 0 Å². The predicted octanol–water partition coefficient (Wildman–Crippen LogP) is 2.74. The summed E-state index contributed by atoms with van der Waals surface area (Å²) in [7, 11) is -3.84. The van der Waals surface area contributed by atoms with Gasteiger partial charge in [-0.05, 0) is 25.7 Å². The standard InChI is InChI=1S/C13H20F3NO3S/c14-13(15,16)11-8-4-3-7-10(11)12(18)17-21(19,20)9-5-1-2-6-9/h9-11H,1-8H2,(H,17,18)/t10-,11+/m1/s1. The van der Waals surface area contributed by atoms with Crippen molar-refractivity contribution >= 4 is 15.9 Å². The van der Waals surface area contributed by atoms with Gasteiger partial charge in [0.2, 0.25) is 15.9 Å². The zero-order valence-corrected chi connectivity index (χ0v) is 12.5. The third kappa shape index (κ3) is 3.90. The van der Waals surface area contributed by atoms with Gasteiger partial charge in [-0.3, -0.25) is 9.52 Å². The van der Waals surface area contributed by atoms with E-state index < -0.39 is 39.2 Å². The molecule has 2 saturated carbocycles. The molecule has 0 aromatic heterocycles. The minimum atomic E-state index is -4.46. The molecule has 2 atom stereocenters. The van der Waals surface area contributed by atoms with Crippen molar-refractivity contribution in [3.05, 3.63) is 0 Å². The van der Waals surface area contributed by atoms with E-state index in [1.807, 2.05) is 4.72 Å². The maximum Gasteiger partial charge on any atom is 0.392 e. The molecule has 4 nitrogen and oxygen atoms in total. The van der Waals surface area contributed by atoms with Gasteiger partial charge in [0.25, 0.3) is 0 Å². The molecule has 0 bridgehead atoms. The van der Waals surface area contributed by atoms with Gasteiger partial charge >= 0.3 is 6.18 Å². The fraction of sp³-hybridized carbons (Fsp3) is 0.923. The van der Waals surface area contributed by atoms with E-state index in [-0.39, 0.29) is 12.8 Å². The van der Waals surface area contributed by atoms with E-state index in [4.69, 9.17) is 0 Å². The van der Waals surface area contributed by atoms with E-state index in [1.54, 1.807) is 0 Å². The second kappa shape index (κ2) is 6.14. The van der Waals surface area contributed by atoms with Gasteiger partial charge in [-0.1, -0.05) is 25.7 Å². The van der Waals surface area contributed by atoms with Crippen molar-refractivity contribution in [2.75, 3.05) is 0 Å². The van der Waals surface area contributed by atoms with Crippen molar-refractivity contribution in [2.24, 2.45) is 11.8 Å². The van der Waals surface area contributed by atoms with Gasteiger partial charge in [0, 0.05) is 0 Å². The minimum Gasteiger partial charge on any atom is -0.274 e. The molecular formula is C13H20F3NO3S. The number of sulfonamides is 1. The van der Waals surface area contributed by atoms with Crippen LogP contribution in [0.25, 0.3) is 0 Å². The molecule has 0 aromatic carbocycles. The smallest absolute Gasteiger partial charge is 0.274 e. The lowest BCUT2D eigenvalue weighted by Crippen LogP contribution is -2.46. The van der Waals surface area contributed by atoms with Crippen LogP contribution in [0.1, 0.15) is 51.4 Å². The first-order valence-electron chi connectivity index (χ1n) is 7.34. The quantitative estimate of drug-likeness (QED) is 0.867. The van der Waals surface area contributed by atoms with Gasteiger partial charge in [-0.15, -0.1) is 0 Å². The molecule has 8 heteroatoms. The molecule has 0 unspecified atom stereocenters. The molecule has 0 spiro atoms. The average Bonchev–Trinajstić information content (AvgIpc) is 2.92. The largest absolute Gasteiger partial charge is 0.392 e. The highest BCUT2D eigenvalue weighted by Gasteiger charge is 2.48. The summed E-state index contributed by atoms with van der Waals surface area (Å²) in [5.74, 6) is -4.00. The zero-order chi connectivity index (χ0) is 15.7. The molecule has 0 radical (unpaired) electrons. The van der Waals surface area contributed by atoms with Crippen LogP contribution in [-0.4, -0.2) is 25.8 Å². The highest BCUT2D eigenvalue weighted by molar-refractivity contribution is 7.90. The lowest BCUT2D eigenvalue weighted by Gasteiger charge is -2.32. The van der Waals surface area contributed by atoms with Crippen molar-refractivity contribution in [1.29, 1.82) is 0 Å². The van der Waals surface area contributed by atoms with Gasteiger partial charge < -0.3 is 0 Å².